The Balaban J connectivity index is 2.20. The molecule has 1 heterocycles. The zero-order valence-electron chi connectivity index (χ0n) is 13.4. The number of unbranched alkanes of at least 4 members (excludes halogenated alkanes) is 6. The van der Waals surface area contributed by atoms with Gasteiger partial charge in [0, 0.05) is 24.4 Å². The predicted molar refractivity (Wildman–Crippen MR) is 83.6 cm³/mol. The van der Waals surface area contributed by atoms with Crippen LogP contribution in [0, 0.1) is 0 Å². The standard InChI is InChI=1S/C17H32N2/c1-5-6-7-8-9-10-11-12-16(4)17-18-13-14-19(17)15(2)3/h13-16H,5-12H2,1-4H3. The highest BCUT2D eigenvalue weighted by Crippen LogP contribution is 2.23. The lowest BCUT2D eigenvalue weighted by Crippen LogP contribution is -2.08. The third-order valence-corrected chi connectivity index (χ3v) is 3.94. The van der Waals surface area contributed by atoms with E-state index >= 15 is 0 Å². The van der Waals surface area contributed by atoms with E-state index in [2.05, 4.69) is 43.4 Å². The van der Waals surface area contributed by atoms with Crippen LogP contribution >= 0.6 is 0 Å². The summed E-state index contributed by atoms with van der Waals surface area (Å²) in [5, 5.41) is 0. The monoisotopic (exact) mass is 264 g/mol. The van der Waals surface area contributed by atoms with Crippen molar-refractivity contribution in [3.8, 4) is 0 Å². The van der Waals surface area contributed by atoms with Gasteiger partial charge in [0.05, 0.1) is 0 Å². The first kappa shape index (κ1) is 16.3. The van der Waals surface area contributed by atoms with Crippen LogP contribution in [0.3, 0.4) is 0 Å². The van der Waals surface area contributed by atoms with Crippen molar-refractivity contribution in [3.05, 3.63) is 18.2 Å². The van der Waals surface area contributed by atoms with Gasteiger partial charge in [0.2, 0.25) is 0 Å². The Morgan fingerprint density at radius 3 is 2.26 bits per heavy atom. The minimum Gasteiger partial charge on any atom is -0.332 e. The molecule has 0 aliphatic rings. The van der Waals surface area contributed by atoms with Gasteiger partial charge in [-0.2, -0.15) is 0 Å². The van der Waals surface area contributed by atoms with E-state index in [0.29, 0.717) is 12.0 Å². The van der Waals surface area contributed by atoms with E-state index < -0.39 is 0 Å². The van der Waals surface area contributed by atoms with Crippen molar-refractivity contribution in [2.24, 2.45) is 0 Å². The third kappa shape index (κ3) is 5.80. The molecule has 0 fully saturated rings. The van der Waals surface area contributed by atoms with Gasteiger partial charge in [-0.1, -0.05) is 58.8 Å². The predicted octanol–water partition coefficient (Wildman–Crippen LogP) is 5.71. The van der Waals surface area contributed by atoms with Crippen molar-refractivity contribution < 1.29 is 0 Å². The van der Waals surface area contributed by atoms with E-state index in [-0.39, 0.29) is 0 Å². The second kappa shape index (κ2) is 9.17. The zero-order valence-corrected chi connectivity index (χ0v) is 13.4. The maximum absolute atomic E-state index is 4.54. The summed E-state index contributed by atoms with van der Waals surface area (Å²) in [5.74, 6) is 1.86. The molecule has 19 heavy (non-hydrogen) atoms. The quantitative estimate of drug-likeness (QED) is 0.495. The summed E-state index contributed by atoms with van der Waals surface area (Å²) in [6, 6.07) is 0.522. The van der Waals surface area contributed by atoms with Gasteiger partial charge < -0.3 is 4.57 Å². The first-order valence-electron chi connectivity index (χ1n) is 8.19. The van der Waals surface area contributed by atoms with E-state index in [1.807, 2.05) is 6.20 Å². The van der Waals surface area contributed by atoms with Gasteiger partial charge in [0.15, 0.2) is 0 Å². The molecule has 1 aromatic rings. The van der Waals surface area contributed by atoms with Gasteiger partial charge in [0.1, 0.15) is 5.82 Å². The van der Waals surface area contributed by atoms with Gasteiger partial charge in [-0.25, -0.2) is 4.98 Å². The van der Waals surface area contributed by atoms with E-state index in [0.717, 1.165) is 0 Å². The van der Waals surface area contributed by atoms with Crippen molar-refractivity contribution >= 4 is 0 Å². The summed E-state index contributed by atoms with van der Waals surface area (Å²) in [7, 11) is 0. The minimum absolute atomic E-state index is 0.522. The topological polar surface area (TPSA) is 17.8 Å². The average Bonchev–Trinajstić information content (AvgIpc) is 2.87. The SMILES string of the molecule is CCCCCCCCCC(C)c1nccn1C(C)C. The van der Waals surface area contributed by atoms with E-state index in [1.54, 1.807) is 0 Å². The molecule has 0 saturated carbocycles. The van der Waals surface area contributed by atoms with E-state index in [1.165, 1.54) is 57.2 Å². The summed E-state index contributed by atoms with van der Waals surface area (Å²) in [6.07, 6.45) is 15.1. The van der Waals surface area contributed by atoms with E-state index in [9.17, 15) is 0 Å². The molecule has 1 aromatic heterocycles. The summed E-state index contributed by atoms with van der Waals surface area (Å²) in [4.78, 5) is 4.54. The molecule has 0 aliphatic heterocycles. The molecule has 1 unspecified atom stereocenters. The molecule has 0 saturated heterocycles. The van der Waals surface area contributed by atoms with Crippen LogP contribution in [0.15, 0.2) is 12.4 Å². The summed E-state index contributed by atoms with van der Waals surface area (Å²) in [5.41, 5.74) is 0. The Hall–Kier alpha value is -0.790. The van der Waals surface area contributed by atoms with Gasteiger partial charge in [-0.3, -0.25) is 0 Å². The van der Waals surface area contributed by atoms with Crippen molar-refractivity contribution in [2.45, 2.75) is 91.0 Å². The smallest absolute Gasteiger partial charge is 0.111 e. The van der Waals surface area contributed by atoms with Crippen LogP contribution in [0.5, 0.6) is 0 Å². The number of imidazole rings is 1. The number of hydrogen-bond acceptors (Lipinski definition) is 1. The largest absolute Gasteiger partial charge is 0.332 e. The molecule has 0 radical (unpaired) electrons. The highest BCUT2D eigenvalue weighted by atomic mass is 15.1. The third-order valence-electron chi connectivity index (χ3n) is 3.94. The molecular weight excluding hydrogens is 232 g/mol. The molecular formula is C17H32N2. The molecule has 110 valence electrons. The first-order valence-corrected chi connectivity index (χ1v) is 8.19. The number of hydrogen-bond donors (Lipinski definition) is 0. The molecule has 0 aliphatic carbocycles. The molecule has 1 rings (SSSR count). The summed E-state index contributed by atoms with van der Waals surface area (Å²) >= 11 is 0. The molecule has 0 bridgehead atoms. The number of rotatable bonds is 10. The lowest BCUT2D eigenvalue weighted by molar-refractivity contribution is 0.497. The molecule has 2 nitrogen and oxygen atoms in total. The lowest BCUT2D eigenvalue weighted by Gasteiger charge is -2.16. The Kier molecular flexibility index (Phi) is 7.85. The highest BCUT2D eigenvalue weighted by Gasteiger charge is 2.13. The van der Waals surface area contributed by atoms with Crippen LogP contribution in [0.25, 0.3) is 0 Å². The fourth-order valence-electron chi connectivity index (χ4n) is 2.68. The molecule has 0 amide bonds. The maximum atomic E-state index is 4.54. The van der Waals surface area contributed by atoms with E-state index in [4.69, 9.17) is 0 Å². The average molecular weight is 264 g/mol. The van der Waals surface area contributed by atoms with Crippen LogP contribution in [0.1, 0.15) is 96.8 Å². The molecule has 0 spiro atoms. The minimum atomic E-state index is 0.522. The molecule has 1 atom stereocenters. The van der Waals surface area contributed by atoms with Crippen LogP contribution in [0.2, 0.25) is 0 Å². The summed E-state index contributed by atoms with van der Waals surface area (Å²) < 4.78 is 2.31. The van der Waals surface area contributed by atoms with Gasteiger partial charge in [-0.05, 0) is 20.3 Å². The second-order valence-electron chi connectivity index (χ2n) is 6.10. The van der Waals surface area contributed by atoms with Crippen molar-refractivity contribution in [1.82, 2.24) is 9.55 Å². The fourth-order valence-corrected chi connectivity index (χ4v) is 2.68. The maximum Gasteiger partial charge on any atom is 0.111 e. The second-order valence-corrected chi connectivity index (χ2v) is 6.10. The Morgan fingerprint density at radius 1 is 1.00 bits per heavy atom. The van der Waals surface area contributed by atoms with Crippen LogP contribution in [0.4, 0.5) is 0 Å². The highest BCUT2D eigenvalue weighted by molar-refractivity contribution is 5.00. The normalized spacial score (nSPS) is 13.1. The molecule has 0 N–H and O–H groups in total. The van der Waals surface area contributed by atoms with Crippen molar-refractivity contribution in [3.63, 3.8) is 0 Å². The van der Waals surface area contributed by atoms with Gasteiger partial charge >= 0.3 is 0 Å². The van der Waals surface area contributed by atoms with Gasteiger partial charge in [0.25, 0.3) is 0 Å². The molecule has 2 heteroatoms. The fraction of sp³-hybridized carbons (Fsp3) is 0.824. The number of nitrogens with zero attached hydrogens (tertiary/aromatic N) is 2. The number of aromatic nitrogens is 2. The van der Waals surface area contributed by atoms with Crippen molar-refractivity contribution in [1.29, 1.82) is 0 Å². The van der Waals surface area contributed by atoms with Crippen LogP contribution < -0.4 is 0 Å². The Bertz CT molecular complexity index is 328. The zero-order chi connectivity index (χ0) is 14.1. The molecule has 0 aromatic carbocycles. The first-order chi connectivity index (χ1) is 9.16. The van der Waals surface area contributed by atoms with Crippen LogP contribution in [-0.2, 0) is 0 Å². The summed E-state index contributed by atoms with van der Waals surface area (Å²) in [6.45, 7) is 9.05. The Morgan fingerprint density at radius 2 is 1.63 bits per heavy atom. The lowest BCUT2D eigenvalue weighted by atomic mass is 10.0. The van der Waals surface area contributed by atoms with Crippen LogP contribution in [-0.4, -0.2) is 9.55 Å². The van der Waals surface area contributed by atoms with Gasteiger partial charge in [-0.15, -0.1) is 0 Å². The Labute approximate surface area is 119 Å². The van der Waals surface area contributed by atoms with Crippen molar-refractivity contribution in [2.75, 3.05) is 0 Å².